The molecule has 0 saturated heterocycles. The molecule has 0 radical (unpaired) electrons. The molecule has 1 aliphatic carbocycles. The topological polar surface area (TPSA) is 54.8 Å². The van der Waals surface area contributed by atoms with E-state index in [-0.39, 0.29) is 0 Å². The minimum Gasteiger partial charge on any atom is -0.362 e. The fourth-order valence-electron chi connectivity index (χ4n) is 3.59. The Balaban J connectivity index is 1.48. The van der Waals surface area contributed by atoms with Crippen LogP contribution in [0.5, 0.6) is 0 Å². The summed E-state index contributed by atoms with van der Waals surface area (Å²) in [5.74, 6) is 1.11. The molecule has 0 unspecified atom stereocenters. The van der Waals surface area contributed by atoms with Crippen LogP contribution in [-0.4, -0.2) is 32.7 Å². The van der Waals surface area contributed by atoms with Gasteiger partial charge in [0.05, 0.1) is 0 Å². The lowest BCUT2D eigenvalue weighted by molar-refractivity contribution is 0.460. The lowest BCUT2D eigenvalue weighted by Gasteiger charge is -2.16. The fraction of sp³-hybridized carbons (Fsp3) is 0.550. The van der Waals surface area contributed by atoms with Gasteiger partial charge in [0.15, 0.2) is 10.3 Å². The monoisotopic (exact) mass is 403 g/mol. The summed E-state index contributed by atoms with van der Waals surface area (Å²) in [5, 5.41) is 17.1. The molecule has 0 atom stereocenters. The van der Waals surface area contributed by atoms with Crippen molar-refractivity contribution in [2.45, 2.75) is 63.6 Å². The van der Waals surface area contributed by atoms with E-state index in [2.05, 4.69) is 63.7 Å². The summed E-state index contributed by atoms with van der Waals surface area (Å²) in [6.07, 6.45) is 9.11. The van der Waals surface area contributed by atoms with Gasteiger partial charge in [-0.25, -0.2) is 0 Å². The van der Waals surface area contributed by atoms with Crippen molar-refractivity contribution in [2.24, 2.45) is 0 Å². The summed E-state index contributed by atoms with van der Waals surface area (Å²) in [6, 6.07) is 6.87. The maximum Gasteiger partial charge on any atom is 0.191 e. The molecule has 1 heterocycles. The predicted octanol–water partition coefficient (Wildman–Crippen LogP) is 4.65. The van der Waals surface area contributed by atoms with Crippen LogP contribution in [0, 0.1) is 13.8 Å². The second-order valence-corrected chi connectivity index (χ2v) is 8.38. The molecule has 2 aromatic rings. The molecule has 1 aromatic carbocycles. The second-order valence-electron chi connectivity index (χ2n) is 7.19. The highest BCUT2D eigenvalue weighted by molar-refractivity contribution is 7.98. The summed E-state index contributed by atoms with van der Waals surface area (Å²) >= 11 is 7.11. The Bertz CT molecular complexity index is 781. The van der Waals surface area contributed by atoms with E-state index in [0.717, 1.165) is 36.1 Å². The molecule has 3 rings (SSSR count). The molecule has 1 aliphatic rings. The largest absolute Gasteiger partial charge is 0.362 e. The third-order valence-corrected chi connectivity index (χ3v) is 6.12. The van der Waals surface area contributed by atoms with Crippen molar-refractivity contribution in [3.63, 3.8) is 0 Å². The molecule has 1 saturated carbocycles. The van der Waals surface area contributed by atoms with Crippen LogP contribution in [0.1, 0.15) is 55.1 Å². The predicted molar refractivity (Wildman–Crippen MR) is 118 cm³/mol. The zero-order valence-corrected chi connectivity index (χ0v) is 18.1. The Morgan fingerprint density at radius 3 is 2.70 bits per heavy atom. The van der Waals surface area contributed by atoms with Crippen LogP contribution in [0.3, 0.4) is 0 Å². The second kappa shape index (κ2) is 9.55. The summed E-state index contributed by atoms with van der Waals surface area (Å²) in [6.45, 7) is 5.05. The first-order valence-corrected chi connectivity index (χ1v) is 11.3. The Morgan fingerprint density at radius 2 is 2.00 bits per heavy atom. The first-order chi connectivity index (χ1) is 13.1. The van der Waals surface area contributed by atoms with Gasteiger partial charge < -0.3 is 15.2 Å². The molecule has 0 amide bonds. The van der Waals surface area contributed by atoms with Gasteiger partial charge in [0.2, 0.25) is 0 Å². The van der Waals surface area contributed by atoms with Crippen molar-refractivity contribution in [1.82, 2.24) is 20.1 Å². The average molecular weight is 404 g/mol. The maximum atomic E-state index is 5.42. The van der Waals surface area contributed by atoms with E-state index >= 15 is 0 Å². The molecule has 146 valence electrons. The number of benzene rings is 1. The third-order valence-electron chi connectivity index (χ3n) is 5.24. The van der Waals surface area contributed by atoms with Crippen LogP contribution in [0.4, 0.5) is 5.69 Å². The lowest BCUT2D eigenvalue weighted by atomic mass is 10.1. The molecular weight excluding hydrogens is 374 g/mol. The van der Waals surface area contributed by atoms with Crippen molar-refractivity contribution in [3.8, 4) is 0 Å². The number of aromatic nitrogens is 3. The summed E-state index contributed by atoms with van der Waals surface area (Å²) in [7, 11) is 0. The standard InChI is InChI=1S/C20H29N5S2/c1-14-10-11-16(13-15(14)2)22-19(26)21-12-6-9-18-23-24-20(27-3)25(18)17-7-4-5-8-17/h10-11,13,17H,4-9,12H2,1-3H3,(H2,21,22,26). The Kier molecular flexibility index (Phi) is 7.13. The van der Waals surface area contributed by atoms with Crippen LogP contribution in [0.25, 0.3) is 0 Å². The zero-order valence-electron chi connectivity index (χ0n) is 16.4. The van der Waals surface area contributed by atoms with Crippen molar-refractivity contribution in [3.05, 3.63) is 35.2 Å². The third kappa shape index (κ3) is 5.23. The number of aryl methyl sites for hydroxylation is 3. The Hall–Kier alpha value is -1.60. The highest BCUT2D eigenvalue weighted by Crippen LogP contribution is 2.33. The van der Waals surface area contributed by atoms with Gasteiger partial charge >= 0.3 is 0 Å². The van der Waals surface area contributed by atoms with E-state index in [1.54, 1.807) is 11.8 Å². The van der Waals surface area contributed by atoms with E-state index in [9.17, 15) is 0 Å². The van der Waals surface area contributed by atoms with Crippen molar-refractivity contribution in [1.29, 1.82) is 0 Å². The van der Waals surface area contributed by atoms with Gasteiger partial charge in [-0.05, 0) is 74.8 Å². The normalized spacial score (nSPS) is 14.5. The van der Waals surface area contributed by atoms with Crippen molar-refractivity contribution >= 4 is 34.8 Å². The molecule has 7 heteroatoms. The van der Waals surface area contributed by atoms with E-state index in [4.69, 9.17) is 12.2 Å². The van der Waals surface area contributed by atoms with E-state index in [1.165, 1.54) is 36.8 Å². The molecule has 0 spiro atoms. The van der Waals surface area contributed by atoms with E-state index in [1.807, 2.05) is 0 Å². The summed E-state index contributed by atoms with van der Waals surface area (Å²) in [4.78, 5) is 0. The smallest absolute Gasteiger partial charge is 0.191 e. The molecule has 27 heavy (non-hydrogen) atoms. The SMILES string of the molecule is CSc1nnc(CCCNC(=S)Nc2ccc(C)c(C)c2)n1C1CCCC1. The van der Waals surface area contributed by atoms with Crippen LogP contribution in [-0.2, 0) is 6.42 Å². The molecule has 1 aromatic heterocycles. The Morgan fingerprint density at radius 1 is 1.22 bits per heavy atom. The fourth-order valence-corrected chi connectivity index (χ4v) is 4.38. The number of thiocarbonyl (C=S) groups is 1. The minimum atomic E-state index is 0.581. The van der Waals surface area contributed by atoms with Gasteiger partial charge in [0.25, 0.3) is 0 Å². The van der Waals surface area contributed by atoms with E-state index < -0.39 is 0 Å². The molecule has 0 aliphatic heterocycles. The average Bonchev–Trinajstić information content (AvgIpc) is 3.30. The van der Waals surface area contributed by atoms with Gasteiger partial charge in [-0.1, -0.05) is 30.7 Å². The molecule has 5 nitrogen and oxygen atoms in total. The van der Waals surface area contributed by atoms with Gasteiger partial charge in [0.1, 0.15) is 5.82 Å². The highest BCUT2D eigenvalue weighted by Gasteiger charge is 2.23. The van der Waals surface area contributed by atoms with Crippen molar-refractivity contribution in [2.75, 3.05) is 18.1 Å². The zero-order chi connectivity index (χ0) is 19.2. The number of nitrogens with one attached hydrogen (secondary N) is 2. The number of thioether (sulfide) groups is 1. The van der Waals surface area contributed by atoms with Crippen LogP contribution in [0.15, 0.2) is 23.4 Å². The van der Waals surface area contributed by atoms with Crippen LogP contribution < -0.4 is 10.6 Å². The lowest BCUT2D eigenvalue weighted by Crippen LogP contribution is -2.29. The summed E-state index contributed by atoms with van der Waals surface area (Å²) in [5.41, 5.74) is 3.58. The first kappa shape index (κ1) is 20.1. The Labute approximate surface area is 171 Å². The molecule has 2 N–H and O–H groups in total. The van der Waals surface area contributed by atoms with Gasteiger partial charge in [-0.3, -0.25) is 0 Å². The quantitative estimate of drug-likeness (QED) is 0.399. The number of nitrogens with zero attached hydrogens (tertiary/aromatic N) is 3. The van der Waals surface area contributed by atoms with Crippen LogP contribution in [0.2, 0.25) is 0 Å². The number of hydrogen-bond donors (Lipinski definition) is 2. The molecule has 1 fully saturated rings. The maximum absolute atomic E-state index is 5.42. The minimum absolute atomic E-state index is 0.581. The number of hydrogen-bond acceptors (Lipinski definition) is 4. The van der Waals surface area contributed by atoms with E-state index in [0.29, 0.717) is 11.2 Å². The number of anilines is 1. The molecular formula is C20H29N5S2. The van der Waals surface area contributed by atoms with Crippen LogP contribution >= 0.6 is 24.0 Å². The molecule has 0 bridgehead atoms. The van der Waals surface area contributed by atoms with Crippen molar-refractivity contribution < 1.29 is 0 Å². The first-order valence-electron chi connectivity index (χ1n) is 9.68. The number of rotatable bonds is 7. The van der Waals surface area contributed by atoms with Gasteiger partial charge in [-0.2, -0.15) is 0 Å². The van der Waals surface area contributed by atoms with Gasteiger partial charge in [-0.15, -0.1) is 10.2 Å². The highest BCUT2D eigenvalue weighted by atomic mass is 32.2. The summed E-state index contributed by atoms with van der Waals surface area (Å²) < 4.78 is 2.38. The van der Waals surface area contributed by atoms with Gasteiger partial charge in [0, 0.05) is 24.7 Å².